The largest absolute Gasteiger partial charge is 0.467 e. The highest BCUT2D eigenvalue weighted by Crippen LogP contribution is 2.29. The van der Waals surface area contributed by atoms with Crippen LogP contribution < -0.4 is 5.32 Å². The molecule has 1 atom stereocenters. The summed E-state index contributed by atoms with van der Waals surface area (Å²) >= 11 is 0. The van der Waals surface area contributed by atoms with Crippen LogP contribution in [0.15, 0.2) is 22.8 Å². The SMILES string of the molecule is CC1(NCC(O)c2ccco2)CCCC1. The van der Waals surface area contributed by atoms with Crippen LogP contribution >= 0.6 is 0 Å². The van der Waals surface area contributed by atoms with Crippen LogP contribution in [0.1, 0.15) is 44.5 Å². The van der Waals surface area contributed by atoms with Crippen LogP contribution in [-0.2, 0) is 0 Å². The average Bonchev–Trinajstić information content (AvgIpc) is 2.85. The lowest BCUT2D eigenvalue weighted by Gasteiger charge is -2.26. The number of aliphatic hydroxyl groups is 1. The fourth-order valence-electron chi connectivity index (χ4n) is 2.26. The molecule has 0 aromatic carbocycles. The number of β-amino-alcohol motifs (C(OH)–C–C–N with tert-alkyl or cyclic N) is 1. The lowest BCUT2D eigenvalue weighted by atomic mass is 10.0. The second kappa shape index (κ2) is 4.37. The summed E-state index contributed by atoms with van der Waals surface area (Å²) in [6, 6.07) is 3.61. The monoisotopic (exact) mass is 209 g/mol. The molecule has 2 N–H and O–H groups in total. The molecule has 0 spiro atoms. The van der Waals surface area contributed by atoms with E-state index in [4.69, 9.17) is 4.42 Å². The smallest absolute Gasteiger partial charge is 0.133 e. The maximum atomic E-state index is 9.83. The summed E-state index contributed by atoms with van der Waals surface area (Å²) in [5, 5.41) is 13.3. The van der Waals surface area contributed by atoms with Gasteiger partial charge >= 0.3 is 0 Å². The molecular formula is C12H19NO2. The number of aliphatic hydroxyl groups excluding tert-OH is 1. The fourth-order valence-corrected chi connectivity index (χ4v) is 2.26. The standard InChI is InChI=1S/C12H19NO2/c1-12(6-2-3-7-12)13-9-10(14)11-5-4-8-15-11/h4-5,8,10,13-14H,2-3,6-7,9H2,1H3. The van der Waals surface area contributed by atoms with E-state index in [0.29, 0.717) is 12.3 Å². The van der Waals surface area contributed by atoms with E-state index in [1.807, 2.05) is 6.07 Å². The van der Waals surface area contributed by atoms with Crippen molar-refractivity contribution in [3.8, 4) is 0 Å². The van der Waals surface area contributed by atoms with Gasteiger partial charge in [0.1, 0.15) is 11.9 Å². The molecule has 1 aromatic rings. The molecule has 1 saturated carbocycles. The minimum atomic E-state index is -0.530. The molecule has 15 heavy (non-hydrogen) atoms. The number of furan rings is 1. The number of hydrogen-bond acceptors (Lipinski definition) is 3. The van der Waals surface area contributed by atoms with Crippen molar-refractivity contribution in [1.82, 2.24) is 5.32 Å². The Hall–Kier alpha value is -0.800. The van der Waals surface area contributed by atoms with Crippen LogP contribution in [-0.4, -0.2) is 17.2 Å². The Morgan fingerprint density at radius 1 is 1.53 bits per heavy atom. The molecule has 1 aliphatic rings. The van der Waals surface area contributed by atoms with Gasteiger partial charge in [-0.3, -0.25) is 0 Å². The van der Waals surface area contributed by atoms with Gasteiger partial charge in [0.15, 0.2) is 0 Å². The third-order valence-corrected chi connectivity index (χ3v) is 3.30. The highest BCUT2D eigenvalue weighted by Gasteiger charge is 2.28. The number of nitrogens with one attached hydrogen (secondary N) is 1. The predicted octanol–water partition coefficient (Wildman–Crippen LogP) is 2.24. The molecule has 0 bridgehead atoms. The summed E-state index contributed by atoms with van der Waals surface area (Å²) in [5.41, 5.74) is 0.216. The van der Waals surface area contributed by atoms with Gasteiger partial charge in [-0.25, -0.2) is 0 Å². The van der Waals surface area contributed by atoms with E-state index in [-0.39, 0.29) is 5.54 Å². The molecule has 3 heteroatoms. The zero-order valence-electron chi connectivity index (χ0n) is 9.20. The molecule has 84 valence electrons. The number of hydrogen-bond donors (Lipinski definition) is 2. The minimum Gasteiger partial charge on any atom is -0.467 e. The Kier molecular flexibility index (Phi) is 3.12. The molecular weight excluding hydrogens is 190 g/mol. The van der Waals surface area contributed by atoms with Gasteiger partial charge in [-0.1, -0.05) is 12.8 Å². The Bertz CT molecular complexity index is 289. The summed E-state index contributed by atoms with van der Waals surface area (Å²) in [6.45, 7) is 2.80. The second-order valence-corrected chi connectivity index (χ2v) is 4.68. The first-order chi connectivity index (χ1) is 7.20. The predicted molar refractivity (Wildman–Crippen MR) is 58.5 cm³/mol. The average molecular weight is 209 g/mol. The molecule has 0 radical (unpaired) electrons. The minimum absolute atomic E-state index is 0.216. The van der Waals surface area contributed by atoms with Crippen molar-refractivity contribution >= 4 is 0 Å². The summed E-state index contributed by atoms with van der Waals surface area (Å²) in [4.78, 5) is 0. The van der Waals surface area contributed by atoms with Crippen molar-refractivity contribution in [2.24, 2.45) is 0 Å². The van der Waals surface area contributed by atoms with Crippen LogP contribution in [0.5, 0.6) is 0 Å². The van der Waals surface area contributed by atoms with Crippen LogP contribution in [0.2, 0.25) is 0 Å². The van der Waals surface area contributed by atoms with Gasteiger partial charge in [0.05, 0.1) is 6.26 Å². The molecule has 2 rings (SSSR count). The molecule has 1 fully saturated rings. The molecule has 1 unspecified atom stereocenters. The normalized spacial score (nSPS) is 21.7. The molecule has 0 saturated heterocycles. The summed E-state index contributed by atoms with van der Waals surface area (Å²) in [6.07, 6.45) is 6.06. The van der Waals surface area contributed by atoms with E-state index < -0.39 is 6.10 Å². The van der Waals surface area contributed by atoms with E-state index in [0.717, 1.165) is 0 Å². The Labute approximate surface area is 90.5 Å². The Balaban J connectivity index is 1.83. The highest BCUT2D eigenvalue weighted by atomic mass is 16.4. The summed E-state index contributed by atoms with van der Waals surface area (Å²) < 4.78 is 5.15. The maximum Gasteiger partial charge on any atom is 0.133 e. The zero-order valence-corrected chi connectivity index (χ0v) is 9.20. The quantitative estimate of drug-likeness (QED) is 0.799. The van der Waals surface area contributed by atoms with Crippen molar-refractivity contribution in [1.29, 1.82) is 0 Å². The van der Waals surface area contributed by atoms with Gasteiger partial charge < -0.3 is 14.8 Å². The first-order valence-electron chi connectivity index (χ1n) is 5.66. The van der Waals surface area contributed by atoms with Gasteiger partial charge in [0.25, 0.3) is 0 Å². The number of rotatable bonds is 4. The Morgan fingerprint density at radius 3 is 2.87 bits per heavy atom. The van der Waals surface area contributed by atoms with Crippen molar-refractivity contribution < 1.29 is 9.52 Å². The zero-order chi connectivity index (χ0) is 10.7. The van der Waals surface area contributed by atoms with Crippen LogP contribution in [0.3, 0.4) is 0 Å². The van der Waals surface area contributed by atoms with Crippen molar-refractivity contribution in [2.75, 3.05) is 6.54 Å². The second-order valence-electron chi connectivity index (χ2n) is 4.68. The van der Waals surface area contributed by atoms with E-state index in [1.165, 1.54) is 25.7 Å². The lowest BCUT2D eigenvalue weighted by Crippen LogP contribution is -2.41. The first-order valence-corrected chi connectivity index (χ1v) is 5.66. The molecule has 1 aromatic heterocycles. The van der Waals surface area contributed by atoms with Gasteiger partial charge in [-0.2, -0.15) is 0 Å². The van der Waals surface area contributed by atoms with Gasteiger partial charge in [0.2, 0.25) is 0 Å². The topological polar surface area (TPSA) is 45.4 Å². The van der Waals surface area contributed by atoms with Crippen LogP contribution in [0, 0.1) is 0 Å². The summed E-state index contributed by atoms with van der Waals surface area (Å²) in [7, 11) is 0. The third-order valence-electron chi connectivity index (χ3n) is 3.30. The Morgan fingerprint density at radius 2 is 2.27 bits per heavy atom. The van der Waals surface area contributed by atoms with Crippen LogP contribution in [0.4, 0.5) is 0 Å². The molecule has 0 aliphatic heterocycles. The van der Waals surface area contributed by atoms with E-state index in [2.05, 4.69) is 12.2 Å². The van der Waals surface area contributed by atoms with Crippen molar-refractivity contribution in [3.63, 3.8) is 0 Å². The highest BCUT2D eigenvalue weighted by molar-refractivity contribution is 5.03. The fraction of sp³-hybridized carbons (Fsp3) is 0.667. The van der Waals surface area contributed by atoms with Gasteiger partial charge in [0, 0.05) is 12.1 Å². The van der Waals surface area contributed by atoms with Gasteiger partial charge in [-0.15, -0.1) is 0 Å². The summed E-state index contributed by atoms with van der Waals surface area (Å²) in [5.74, 6) is 0.643. The molecule has 1 aliphatic carbocycles. The van der Waals surface area contributed by atoms with E-state index in [9.17, 15) is 5.11 Å². The third kappa shape index (κ3) is 2.61. The van der Waals surface area contributed by atoms with Crippen LogP contribution in [0.25, 0.3) is 0 Å². The molecule has 1 heterocycles. The van der Waals surface area contributed by atoms with E-state index in [1.54, 1.807) is 12.3 Å². The van der Waals surface area contributed by atoms with Gasteiger partial charge in [-0.05, 0) is 31.9 Å². The maximum absolute atomic E-state index is 9.83. The van der Waals surface area contributed by atoms with Crippen molar-refractivity contribution in [3.05, 3.63) is 24.2 Å². The molecule has 3 nitrogen and oxygen atoms in total. The van der Waals surface area contributed by atoms with E-state index >= 15 is 0 Å². The first kappa shape index (κ1) is 10.7. The molecule has 0 amide bonds. The lowest BCUT2D eigenvalue weighted by molar-refractivity contribution is 0.135. The van der Waals surface area contributed by atoms with Crippen molar-refractivity contribution in [2.45, 2.75) is 44.2 Å².